The zero-order valence-corrected chi connectivity index (χ0v) is 10.5. The predicted octanol–water partition coefficient (Wildman–Crippen LogP) is 0.984. The monoisotopic (exact) mass is 244 g/mol. The summed E-state index contributed by atoms with van der Waals surface area (Å²) in [5.74, 6) is -0.524. The predicted molar refractivity (Wildman–Crippen MR) is 67.2 cm³/mol. The molecule has 16 heavy (non-hydrogen) atoms. The molecular formula is C11H20N2O2S. The fraction of sp³-hybridized carbons (Fsp3) is 0.818. The molecule has 1 atom stereocenters. The van der Waals surface area contributed by atoms with Gasteiger partial charge in [-0.1, -0.05) is 25.1 Å². The van der Waals surface area contributed by atoms with Gasteiger partial charge in [-0.25, -0.2) is 0 Å². The molecule has 0 radical (unpaired) electrons. The first-order chi connectivity index (χ1) is 7.61. The second-order valence-electron chi connectivity index (χ2n) is 4.19. The number of thiocarbonyl (C=S) groups is 1. The molecule has 1 unspecified atom stereocenters. The summed E-state index contributed by atoms with van der Waals surface area (Å²) in [5.41, 5.74) is 5.38. The first-order valence-electron chi connectivity index (χ1n) is 5.80. The van der Waals surface area contributed by atoms with Crippen molar-refractivity contribution < 1.29 is 9.53 Å². The zero-order chi connectivity index (χ0) is 12.0. The molecule has 4 nitrogen and oxygen atoms in total. The van der Waals surface area contributed by atoms with E-state index in [1.807, 2.05) is 0 Å². The summed E-state index contributed by atoms with van der Waals surface area (Å²) >= 11 is 4.75. The molecule has 0 aliphatic heterocycles. The molecular weight excluding hydrogens is 224 g/mol. The Kier molecular flexibility index (Phi) is 5.69. The van der Waals surface area contributed by atoms with Crippen molar-refractivity contribution in [3.05, 3.63) is 0 Å². The maximum Gasteiger partial charge on any atom is 0.229 e. The minimum Gasteiger partial charge on any atom is -0.393 e. The summed E-state index contributed by atoms with van der Waals surface area (Å²) in [6.07, 6.45) is 5.21. The van der Waals surface area contributed by atoms with E-state index in [-0.39, 0.29) is 10.9 Å². The lowest BCUT2D eigenvalue weighted by Crippen LogP contribution is -2.37. The third-order valence-electron chi connectivity index (χ3n) is 2.88. The van der Waals surface area contributed by atoms with Crippen LogP contribution in [0.2, 0.25) is 0 Å². The molecule has 0 bridgehead atoms. The zero-order valence-electron chi connectivity index (χ0n) is 9.70. The van der Waals surface area contributed by atoms with Gasteiger partial charge in [0.15, 0.2) is 0 Å². The fourth-order valence-corrected chi connectivity index (χ4v) is 1.84. The van der Waals surface area contributed by atoms with Crippen molar-refractivity contribution in [2.75, 3.05) is 13.2 Å². The van der Waals surface area contributed by atoms with Crippen LogP contribution in [0.25, 0.3) is 0 Å². The van der Waals surface area contributed by atoms with Gasteiger partial charge in [-0.2, -0.15) is 0 Å². The third-order valence-corrected chi connectivity index (χ3v) is 3.23. The topological polar surface area (TPSA) is 64.3 Å². The molecule has 0 aromatic carbocycles. The highest BCUT2D eigenvalue weighted by molar-refractivity contribution is 7.80. The molecule has 1 fully saturated rings. The Morgan fingerprint density at radius 3 is 2.75 bits per heavy atom. The Morgan fingerprint density at radius 1 is 1.56 bits per heavy atom. The summed E-state index contributed by atoms with van der Waals surface area (Å²) in [7, 11) is 0. The number of rotatable bonds is 6. The molecule has 1 saturated carbocycles. The molecule has 0 aromatic heterocycles. The van der Waals surface area contributed by atoms with Crippen LogP contribution in [0, 0.1) is 5.92 Å². The molecule has 1 aliphatic carbocycles. The average molecular weight is 244 g/mol. The Labute approximate surface area is 102 Å². The van der Waals surface area contributed by atoms with Crippen LogP contribution in [0.5, 0.6) is 0 Å². The van der Waals surface area contributed by atoms with Gasteiger partial charge < -0.3 is 15.8 Å². The van der Waals surface area contributed by atoms with Gasteiger partial charge in [0.05, 0.1) is 23.6 Å². The lowest BCUT2D eigenvalue weighted by atomic mass is 10.2. The molecule has 3 N–H and O–H groups in total. The summed E-state index contributed by atoms with van der Waals surface area (Å²) < 4.78 is 5.61. The minimum absolute atomic E-state index is 0.123. The number of hydrogen-bond donors (Lipinski definition) is 2. The highest BCUT2D eigenvalue weighted by Gasteiger charge is 2.16. The van der Waals surface area contributed by atoms with Crippen LogP contribution >= 0.6 is 12.2 Å². The van der Waals surface area contributed by atoms with Gasteiger partial charge in [-0.3, -0.25) is 4.79 Å². The van der Waals surface area contributed by atoms with Crippen molar-refractivity contribution in [3.8, 4) is 0 Å². The molecule has 92 valence electrons. The van der Waals surface area contributed by atoms with Gasteiger partial charge in [0.2, 0.25) is 5.91 Å². The Bertz CT molecular complexity index is 252. The number of nitrogens with one attached hydrogen (secondary N) is 1. The summed E-state index contributed by atoms with van der Waals surface area (Å²) in [5, 5.41) is 2.76. The number of nitrogens with two attached hydrogens (primary N) is 1. The average Bonchev–Trinajstić information content (AvgIpc) is 2.75. The molecule has 1 aliphatic rings. The number of carbonyl (C=O) groups is 1. The standard InChI is InChI=1S/C11H20N2O2S/c1-8(10(12)16)11(14)13-6-7-15-9-4-2-3-5-9/h8-9H,2-7H2,1H3,(H2,12,16)(H,13,14). The maximum atomic E-state index is 11.4. The van der Waals surface area contributed by atoms with E-state index in [4.69, 9.17) is 22.7 Å². The van der Waals surface area contributed by atoms with Crippen LogP contribution in [-0.4, -0.2) is 30.2 Å². The van der Waals surface area contributed by atoms with Gasteiger partial charge in [0.1, 0.15) is 0 Å². The van der Waals surface area contributed by atoms with E-state index in [9.17, 15) is 4.79 Å². The maximum absolute atomic E-state index is 11.4. The Hall–Kier alpha value is -0.680. The highest BCUT2D eigenvalue weighted by Crippen LogP contribution is 2.20. The Balaban J connectivity index is 2.06. The highest BCUT2D eigenvalue weighted by atomic mass is 32.1. The third kappa shape index (κ3) is 4.45. The van der Waals surface area contributed by atoms with E-state index >= 15 is 0 Å². The SMILES string of the molecule is CC(C(=O)NCCOC1CCCC1)C(N)=S. The van der Waals surface area contributed by atoms with Crippen LogP contribution in [-0.2, 0) is 9.53 Å². The normalized spacial score (nSPS) is 18.3. The van der Waals surface area contributed by atoms with E-state index in [1.54, 1.807) is 6.92 Å². The first kappa shape index (κ1) is 13.4. The van der Waals surface area contributed by atoms with Crippen LogP contribution in [0.15, 0.2) is 0 Å². The van der Waals surface area contributed by atoms with Crippen molar-refractivity contribution in [1.82, 2.24) is 5.32 Å². The number of hydrogen-bond acceptors (Lipinski definition) is 3. The van der Waals surface area contributed by atoms with E-state index < -0.39 is 5.92 Å². The molecule has 0 heterocycles. The first-order valence-corrected chi connectivity index (χ1v) is 6.20. The lowest BCUT2D eigenvalue weighted by molar-refractivity contribution is -0.122. The van der Waals surface area contributed by atoms with Gasteiger partial charge in [-0.15, -0.1) is 0 Å². The van der Waals surface area contributed by atoms with Crippen molar-refractivity contribution in [2.24, 2.45) is 11.7 Å². The largest absolute Gasteiger partial charge is 0.393 e. The van der Waals surface area contributed by atoms with Crippen LogP contribution in [0.3, 0.4) is 0 Å². The number of amides is 1. The van der Waals surface area contributed by atoms with Crippen molar-refractivity contribution >= 4 is 23.1 Å². The molecule has 5 heteroatoms. The second kappa shape index (κ2) is 6.81. The van der Waals surface area contributed by atoms with E-state index in [1.165, 1.54) is 12.8 Å². The van der Waals surface area contributed by atoms with Crippen molar-refractivity contribution in [2.45, 2.75) is 38.7 Å². The van der Waals surface area contributed by atoms with Gasteiger partial charge >= 0.3 is 0 Å². The number of ether oxygens (including phenoxy) is 1. The number of carbonyl (C=O) groups excluding carboxylic acids is 1. The quantitative estimate of drug-likeness (QED) is 0.540. The molecule has 1 amide bonds. The summed E-state index contributed by atoms with van der Waals surface area (Å²) in [4.78, 5) is 11.7. The minimum atomic E-state index is -0.401. The smallest absolute Gasteiger partial charge is 0.229 e. The lowest BCUT2D eigenvalue weighted by Gasteiger charge is -2.13. The molecule has 0 saturated heterocycles. The summed E-state index contributed by atoms with van der Waals surface area (Å²) in [6, 6.07) is 0. The van der Waals surface area contributed by atoms with Gasteiger partial charge in [0, 0.05) is 6.54 Å². The van der Waals surface area contributed by atoms with Crippen LogP contribution in [0.1, 0.15) is 32.6 Å². The van der Waals surface area contributed by atoms with E-state index in [0.29, 0.717) is 19.3 Å². The Morgan fingerprint density at radius 2 is 2.19 bits per heavy atom. The van der Waals surface area contributed by atoms with Crippen molar-refractivity contribution in [3.63, 3.8) is 0 Å². The molecule has 0 spiro atoms. The van der Waals surface area contributed by atoms with E-state index in [0.717, 1.165) is 12.8 Å². The van der Waals surface area contributed by atoms with Gasteiger partial charge in [-0.05, 0) is 19.8 Å². The molecule has 1 rings (SSSR count). The fourth-order valence-electron chi connectivity index (χ4n) is 1.74. The van der Waals surface area contributed by atoms with Crippen LogP contribution < -0.4 is 11.1 Å². The van der Waals surface area contributed by atoms with Crippen LogP contribution in [0.4, 0.5) is 0 Å². The molecule has 0 aromatic rings. The van der Waals surface area contributed by atoms with Crippen molar-refractivity contribution in [1.29, 1.82) is 0 Å². The van der Waals surface area contributed by atoms with Gasteiger partial charge in [0.25, 0.3) is 0 Å². The van der Waals surface area contributed by atoms with E-state index in [2.05, 4.69) is 5.32 Å². The summed E-state index contributed by atoms with van der Waals surface area (Å²) in [6.45, 7) is 2.80. The second-order valence-corrected chi connectivity index (χ2v) is 4.66.